The van der Waals surface area contributed by atoms with Gasteiger partial charge in [-0.05, 0) is 26.0 Å². The molecule has 0 saturated heterocycles. The fourth-order valence-corrected chi connectivity index (χ4v) is 1.05. The van der Waals surface area contributed by atoms with E-state index in [1.165, 1.54) is 0 Å². The molecule has 2 rings (SSSR count). The lowest BCUT2D eigenvalue weighted by Gasteiger charge is -1.91. The number of hydrogen-bond acceptors (Lipinski definition) is 3. The van der Waals surface area contributed by atoms with Gasteiger partial charge in [0, 0.05) is 18.0 Å². The Morgan fingerprint density at radius 3 is 2.54 bits per heavy atom. The molecule has 0 N–H and O–H groups in total. The molecule has 3 nitrogen and oxygen atoms in total. The van der Waals surface area contributed by atoms with Gasteiger partial charge in [0.25, 0.3) is 0 Å². The molecule has 2 heterocycles. The van der Waals surface area contributed by atoms with Crippen LogP contribution in [0.5, 0.6) is 0 Å². The molecule has 0 fully saturated rings. The van der Waals surface area contributed by atoms with Crippen LogP contribution in [0.3, 0.4) is 0 Å². The van der Waals surface area contributed by atoms with Crippen molar-refractivity contribution in [3.8, 4) is 11.5 Å². The molecule has 0 unspecified atom stereocenters. The van der Waals surface area contributed by atoms with Crippen LogP contribution in [0.25, 0.3) is 11.5 Å². The number of pyridine rings is 1. The highest BCUT2D eigenvalue weighted by atomic mass is 16.4. The molecule has 2 aromatic rings. The van der Waals surface area contributed by atoms with Gasteiger partial charge in [-0.3, -0.25) is 4.98 Å². The van der Waals surface area contributed by atoms with Gasteiger partial charge in [-0.1, -0.05) is 0 Å². The van der Waals surface area contributed by atoms with E-state index in [0.29, 0.717) is 11.6 Å². The molecule has 65 valence electrons. The second-order valence-corrected chi connectivity index (χ2v) is 2.76. The molecule has 0 bridgehead atoms. The highest BCUT2D eigenvalue weighted by molar-refractivity contribution is 5.52. The summed E-state index contributed by atoms with van der Waals surface area (Å²) in [6.45, 7) is 5.59. The monoisotopic (exact) mass is 173 g/mol. The average molecular weight is 173 g/mol. The van der Waals surface area contributed by atoms with Crippen LogP contribution in [-0.4, -0.2) is 9.97 Å². The maximum Gasteiger partial charge on any atom is 0.226 e. The Kier molecular flexibility index (Phi) is 1.85. The number of aromatic nitrogens is 2. The maximum absolute atomic E-state index is 5.40. The molecule has 0 aliphatic heterocycles. The number of aryl methyl sites for hydroxylation is 1. The minimum atomic E-state index is 0.602. The summed E-state index contributed by atoms with van der Waals surface area (Å²) in [5.74, 6) is 1.36. The van der Waals surface area contributed by atoms with E-state index in [1.54, 1.807) is 12.4 Å². The first-order valence-corrected chi connectivity index (χ1v) is 3.97. The van der Waals surface area contributed by atoms with Gasteiger partial charge in [0.05, 0.1) is 5.69 Å². The van der Waals surface area contributed by atoms with E-state index in [1.807, 2.05) is 19.1 Å². The summed E-state index contributed by atoms with van der Waals surface area (Å²) in [4.78, 5) is 8.09. The Balaban J connectivity index is 2.48. The smallest absolute Gasteiger partial charge is 0.226 e. The fraction of sp³-hybridized carbons (Fsp3) is 0.100. The maximum atomic E-state index is 5.40. The van der Waals surface area contributed by atoms with Gasteiger partial charge in [-0.15, -0.1) is 0 Å². The van der Waals surface area contributed by atoms with Crippen molar-refractivity contribution in [2.75, 3.05) is 0 Å². The van der Waals surface area contributed by atoms with E-state index in [0.717, 1.165) is 11.3 Å². The lowest BCUT2D eigenvalue weighted by atomic mass is 10.3. The molecule has 0 aliphatic rings. The van der Waals surface area contributed by atoms with Crippen molar-refractivity contribution in [1.29, 1.82) is 0 Å². The molecular formula is C10H9N2O. The van der Waals surface area contributed by atoms with Crippen molar-refractivity contribution in [2.24, 2.45) is 0 Å². The van der Waals surface area contributed by atoms with Crippen LogP contribution in [-0.2, 0) is 0 Å². The van der Waals surface area contributed by atoms with Crippen molar-refractivity contribution in [3.05, 3.63) is 42.9 Å². The molecule has 3 heteroatoms. The summed E-state index contributed by atoms with van der Waals surface area (Å²) in [6.07, 6.45) is 3.41. The van der Waals surface area contributed by atoms with Gasteiger partial charge in [-0.25, -0.2) is 4.98 Å². The zero-order valence-corrected chi connectivity index (χ0v) is 7.32. The summed E-state index contributed by atoms with van der Waals surface area (Å²) in [7, 11) is 0. The lowest BCUT2D eigenvalue weighted by molar-refractivity contribution is 0.541. The summed E-state index contributed by atoms with van der Waals surface area (Å²) < 4.78 is 5.40. The SMILES string of the molecule is [CH2]c1nc(-c2ccncc2)oc1C. The van der Waals surface area contributed by atoms with Crippen LogP contribution in [0, 0.1) is 13.8 Å². The van der Waals surface area contributed by atoms with Crippen molar-refractivity contribution in [3.63, 3.8) is 0 Å². The van der Waals surface area contributed by atoms with E-state index >= 15 is 0 Å². The minimum Gasteiger partial charge on any atom is -0.441 e. The van der Waals surface area contributed by atoms with Gasteiger partial charge in [0.15, 0.2) is 0 Å². The van der Waals surface area contributed by atoms with E-state index in [9.17, 15) is 0 Å². The van der Waals surface area contributed by atoms with Crippen LogP contribution in [0.15, 0.2) is 28.9 Å². The van der Waals surface area contributed by atoms with Gasteiger partial charge < -0.3 is 4.42 Å². The average Bonchev–Trinajstić information content (AvgIpc) is 2.49. The van der Waals surface area contributed by atoms with E-state index in [-0.39, 0.29) is 0 Å². The van der Waals surface area contributed by atoms with Gasteiger partial charge >= 0.3 is 0 Å². The van der Waals surface area contributed by atoms with Crippen LogP contribution in [0.4, 0.5) is 0 Å². The van der Waals surface area contributed by atoms with E-state index in [2.05, 4.69) is 16.9 Å². The first-order valence-electron chi connectivity index (χ1n) is 3.97. The molecule has 0 saturated carbocycles. The Labute approximate surface area is 76.5 Å². The molecule has 0 spiro atoms. The Bertz CT molecular complexity index is 387. The second kappa shape index (κ2) is 3.01. The molecule has 0 atom stereocenters. The predicted octanol–water partition coefficient (Wildman–Crippen LogP) is 2.23. The summed E-state index contributed by atoms with van der Waals surface area (Å²) in [5, 5.41) is 0. The van der Waals surface area contributed by atoms with Crippen LogP contribution in [0.2, 0.25) is 0 Å². The molecular weight excluding hydrogens is 164 g/mol. The van der Waals surface area contributed by atoms with Crippen LogP contribution < -0.4 is 0 Å². The third-order valence-electron chi connectivity index (χ3n) is 1.82. The van der Waals surface area contributed by atoms with Gasteiger partial charge in [0.2, 0.25) is 5.89 Å². The Hall–Kier alpha value is -1.64. The summed E-state index contributed by atoms with van der Waals surface area (Å²) in [5.41, 5.74) is 1.61. The Morgan fingerprint density at radius 1 is 1.31 bits per heavy atom. The zero-order chi connectivity index (χ0) is 9.26. The third-order valence-corrected chi connectivity index (χ3v) is 1.82. The second-order valence-electron chi connectivity index (χ2n) is 2.76. The number of oxazole rings is 1. The van der Waals surface area contributed by atoms with Gasteiger partial charge in [-0.2, -0.15) is 0 Å². The Morgan fingerprint density at radius 2 is 2.00 bits per heavy atom. The quantitative estimate of drug-likeness (QED) is 0.663. The highest BCUT2D eigenvalue weighted by Gasteiger charge is 2.06. The number of rotatable bonds is 1. The zero-order valence-electron chi connectivity index (χ0n) is 7.32. The molecule has 2 aromatic heterocycles. The first-order chi connectivity index (χ1) is 6.27. The number of nitrogens with zero attached hydrogens (tertiary/aromatic N) is 2. The summed E-state index contributed by atoms with van der Waals surface area (Å²) in [6, 6.07) is 3.70. The first kappa shape index (κ1) is 7.98. The molecule has 0 amide bonds. The lowest BCUT2D eigenvalue weighted by Crippen LogP contribution is -1.77. The fourth-order valence-electron chi connectivity index (χ4n) is 1.05. The van der Waals surface area contributed by atoms with Crippen LogP contribution in [0.1, 0.15) is 11.5 Å². The van der Waals surface area contributed by atoms with Crippen molar-refractivity contribution >= 4 is 0 Å². The topological polar surface area (TPSA) is 38.9 Å². The molecule has 0 aromatic carbocycles. The largest absolute Gasteiger partial charge is 0.441 e. The van der Waals surface area contributed by atoms with Crippen molar-refractivity contribution in [2.45, 2.75) is 6.92 Å². The standard InChI is InChI=1S/C10H9N2O/c1-7-8(2)13-10(12-7)9-3-5-11-6-4-9/h3-6H,1H2,2H3. The molecule has 1 radical (unpaired) electrons. The normalized spacial score (nSPS) is 10.3. The van der Waals surface area contributed by atoms with Crippen molar-refractivity contribution < 1.29 is 4.42 Å². The number of hydrogen-bond donors (Lipinski definition) is 0. The predicted molar refractivity (Wildman–Crippen MR) is 48.9 cm³/mol. The highest BCUT2D eigenvalue weighted by Crippen LogP contribution is 2.19. The molecule has 13 heavy (non-hydrogen) atoms. The van der Waals surface area contributed by atoms with Crippen LogP contribution >= 0.6 is 0 Å². The molecule has 0 aliphatic carbocycles. The minimum absolute atomic E-state index is 0.602. The van der Waals surface area contributed by atoms with Crippen molar-refractivity contribution in [1.82, 2.24) is 9.97 Å². The van der Waals surface area contributed by atoms with E-state index < -0.39 is 0 Å². The summed E-state index contributed by atoms with van der Waals surface area (Å²) >= 11 is 0. The third kappa shape index (κ3) is 1.45. The van der Waals surface area contributed by atoms with E-state index in [4.69, 9.17) is 4.42 Å². The van der Waals surface area contributed by atoms with Gasteiger partial charge in [0.1, 0.15) is 5.76 Å².